The molecule has 0 heterocycles. The zero-order chi connectivity index (χ0) is 54.9. The number of aliphatic hydroxyl groups excluding tert-OH is 2. The molecule has 0 radical (unpaired) electrons. The van der Waals surface area contributed by atoms with Crippen molar-refractivity contribution in [3.63, 3.8) is 0 Å². The Kier molecular flexibility index (Phi) is 30.4. The van der Waals surface area contributed by atoms with Gasteiger partial charge in [-0.25, -0.2) is 19.2 Å². The SMILES string of the molecule is CC(C)(C)OC(=O)[C@@H](N)c1ccccc1.CCCC(NC(=O)OC(C)(C)C)C(O)C(=O)NCC(=O)N[C@H](C(=O)OC(C)(C)C)c1ccccc1.CCCC(NC(=O)OC(C)(C)C)C(O)C(=O)NCC(=O)O.Cl. The van der Waals surface area contributed by atoms with E-state index in [9.17, 15) is 48.6 Å². The number of rotatable bonds is 19. The van der Waals surface area contributed by atoms with Crippen LogP contribution in [0.25, 0.3) is 0 Å². The predicted molar refractivity (Wildman–Crippen MR) is 271 cm³/mol. The lowest BCUT2D eigenvalue weighted by molar-refractivity contribution is -0.159. The van der Waals surface area contributed by atoms with Crippen molar-refractivity contribution >= 4 is 60.2 Å². The van der Waals surface area contributed by atoms with E-state index in [1.54, 1.807) is 92.6 Å². The Labute approximate surface area is 430 Å². The van der Waals surface area contributed by atoms with Crippen LogP contribution in [-0.4, -0.2) is 123 Å². The topological polar surface area (TPSA) is 320 Å². The van der Waals surface area contributed by atoms with Crippen LogP contribution in [0.15, 0.2) is 60.7 Å². The molecule has 2 aromatic carbocycles. The van der Waals surface area contributed by atoms with Gasteiger partial charge in [0, 0.05) is 0 Å². The molecule has 72 heavy (non-hydrogen) atoms. The molecule has 10 N–H and O–H groups in total. The Bertz CT molecular complexity index is 2000. The number of hydrogen-bond acceptors (Lipinski definition) is 15. The number of ether oxygens (including phenoxy) is 4. The van der Waals surface area contributed by atoms with Gasteiger partial charge in [0.2, 0.25) is 5.91 Å². The van der Waals surface area contributed by atoms with E-state index >= 15 is 0 Å². The number of amides is 5. The first kappa shape index (κ1) is 68.0. The average molecular weight is 1040 g/mol. The second-order valence-corrected chi connectivity index (χ2v) is 20.2. The van der Waals surface area contributed by atoms with Crippen LogP contribution in [0.2, 0.25) is 0 Å². The minimum atomic E-state index is -1.61. The molecule has 6 atom stereocenters. The van der Waals surface area contributed by atoms with E-state index in [1.165, 1.54) is 0 Å². The van der Waals surface area contributed by atoms with Gasteiger partial charge in [0.25, 0.3) is 11.8 Å². The van der Waals surface area contributed by atoms with Gasteiger partial charge in [-0.3, -0.25) is 19.2 Å². The summed E-state index contributed by atoms with van der Waals surface area (Å²) in [6.45, 7) is 23.4. The minimum Gasteiger partial charge on any atom is -0.480 e. The Morgan fingerprint density at radius 2 is 0.875 bits per heavy atom. The van der Waals surface area contributed by atoms with E-state index in [-0.39, 0.29) is 12.4 Å². The van der Waals surface area contributed by atoms with E-state index in [4.69, 9.17) is 29.8 Å². The number of aliphatic carboxylic acids is 1. The van der Waals surface area contributed by atoms with E-state index in [1.807, 2.05) is 65.0 Å². The standard InChI is InChI=1S/C25H39N3O7.C13H24N2O6.C12H17NO2.ClH/c1-8-12-17(27-23(33)35-25(5,6)7)20(30)21(31)26-15-18(29)28-19(16-13-10-9-11-14-16)22(32)34-24(2,3)4;1-5-6-8(15-12(20)21-13(2,3)4)10(18)11(19)14-7-9(16)17;1-12(2,3)15-11(14)10(13)9-7-5-4-6-8-9;/h9-11,13-14,17,19-20,30H,8,12,15H2,1-7H3,(H,26,31)(H,27,33)(H,28,29);8,10,18H,5-7H2,1-4H3,(H,14,19)(H,15,20)(H,16,17);4-8,10H,13H2,1-3H3;1H/t17?,19-,20?;;10-;/m0.0./s1. The Morgan fingerprint density at radius 3 is 1.22 bits per heavy atom. The molecule has 2 rings (SSSR count). The molecule has 0 spiro atoms. The highest BCUT2D eigenvalue weighted by molar-refractivity contribution is 5.90. The highest BCUT2D eigenvalue weighted by Crippen LogP contribution is 2.19. The fourth-order valence-electron chi connectivity index (χ4n) is 5.72. The smallest absolute Gasteiger partial charge is 0.407 e. The summed E-state index contributed by atoms with van der Waals surface area (Å²) in [5, 5.41) is 40.7. The van der Waals surface area contributed by atoms with Crippen molar-refractivity contribution < 1.29 is 72.6 Å². The van der Waals surface area contributed by atoms with Gasteiger partial charge in [-0.1, -0.05) is 87.4 Å². The van der Waals surface area contributed by atoms with E-state index in [0.717, 1.165) is 5.56 Å². The molecular weight excluding hydrogens is 960 g/mol. The normalized spacial score (nSPS) is 13.7. The summed E-state index contributed by atoms with van der Waals surface area (Å²) in [4.78, 5) is 95.1. The number of carboxylic acid groups (broad SMARTS) is 1. The maximum atomic E-state index is 12.7. The van der Waals surface area contributed by atoms with Gasteiger partial charge < -0.3 is 66.6 Å². The molecule has 0 aliphatic heterocycles. The van der Waals surface area contributed by atoms with Crippen LogP contribution in [0.1, 0.15) is 146 Å². The Hall–Kier alpha value is -6.03. The quantitative estimate of drug-likeness (QED) is 0.0657. The van der Waals surface area contributed by atoms with Gasteiger partial charge in [0.05, 0.1) is 18.6 Å². The molecular formula is C50H81ClN6O15. The van der Waals surface area contributed by atoms with Gasteiger partial charge >= 0.3 is 30.1 Å². The largest absolute Gasteiger partial charge is 0.480 e. The van der Waals surface area contributed by atoms with Crippen molar-refractivity contribution in [3.8, 4) is 0 Å². The lowest BCUT2D eigenvalue weighted by atomic mass is 10.1. The highest BCUT2D eigenvalue weighted by atomic mass is 35.5. The molecule has 0 fully saturated rings. The molecule has 0 aliphatic carbocycles. The van der Waals surface area contributed by atoms with Crippen LogP contribution in [0.3, 0.4) is 0 Å². The number of carboxylic acids is 1. The molecule has 408 valence electrons. The number of carbonyl (C=O) groups is 8. The van der Waals surface area contributed by atoms with Gasteiger partial charge in [-0.2, -0.15) is 0 Å². The molecule has 22 heteroatoms. The zero-order valence-electron chi connectivity index (χ0n) is 44.2. The molecule has 21 nitrogen and oxygen atoms in total. The predicted octanol–water partition coefficient (Wildman–Crippen LogP) is 5.05. The van der Waals surface area contributed by atoms with Gasteiger partial charge in [0.1, 0.15) is 35.0 Å². The molecule has 4 unspecified atom stereocenters. The number of aliphatic hydroxyl groups is 2. The van der Waals surface area contributed by atoms with Gasteiger partial charge in [-0.15, -0.1) is 12.4 Å². The maximum absolute atomic E-state index is 12.7. The molecule has 0 aromatic heterocycles. The molecule has 0 saturated carbocycles. The second kappa shape index (κ2) is 32.1. The van der Waals surface area contributed by atoms with Crippen molar-refractivity contribution in [3.05, 3.63) is 71.8 Å². The van der Waals surface area contributed by atoms with Crippen molar-refractivity contribution in [2.45, 2.75) is 181 Å². The van der Waals surface area contributed by atoms with Crippen LogP contribution in [0.4, 0.5) is 9.59 Å². The van der Waals surface area contributed by atoms with Crippen LogP contribution in [0, 0.1) is 0 Å². The van der Waals surface area contributed by atoms with Gasteiger partial charge in [0.15, 0.2) is 18.2 Å². The maximum Gasteiger partial charge on any atom is 0.407 e. The first-order chi connectivity index (χ1) is 32.6. The Morgan fingerprint density at radius 1 is 0.528 bits per heavy atom. The van der Waals surface area contributed by atoms with Crippen LogP contribution < -0.4 is 32.3 Å². The number of esters is 2. The zero-order valence-corrected chi connectivity index (χ0v) is 45.0. The summed E-state index contributed by atoms with van der Waals surface area (Å²) < 4.78 is 20.8. The van der Waals surface area contributed by atoms with Crippen molar-refractivity contribution in [1.29, 1.82) is 0 Å². The van der Waals surface area contributed by atoms with Crippen LogP contribution in [-0.2, 0) is 47.7 Å². The summed E-state index contributed by atoms with van der Waals surface area (Å²) >= 11 is 0. The molecule has 0 aliphatic rings. The van der Waals surface area contributed by atoms with Crippen molar-refractivity contribution in [2.24, 2.45) is 5.73 Å². The monoisotopic (exact) mass is 1040 g/mol. The third kappa shape index (κ3) is 31.3. The summed E-state index contributed by atoms with van der Waals surface area (Å²) in [7, 11) is 0. The summed E-state index contributed by atoms with van der Waals surface area (Å²) in [6.07, 6.45) is -2.79. The fraction of sp³-hybridized carbons (Fsp3) is 0.600. The third-order valence-corrected chi connectivity index (χ3v) is 8.64. The lowest BCUT2D eigenvalue weighted by Crippen LogP contribution is -2.53. The Balaban J connectivity index is 0. The van der Waals surface area contributed by atoms with E-state index in [2.05, 4.69) is 26.6 Å². The summed E-state index contributed by atoms with van der Waals surface area (Å²) in [5.74, 6) is -4.61. The molecule has 2 aromatic rings. The number of alkyl carbamates (subject to hydrolysis) is 2. The van der Waals surface area contributed by atoms with Crippen LogP contribution in [0.5, 0.6) is 0 Å². The first-order valence-corrected chi connectivity index (χ1v) is 23.3. The molecule has 5 amide bonds. The van der Waals surface area contributed by atoms with Crippen LogP contribution >= 0.6 is 12.4 Å². The third-order valence-electron chi connectivity index (χ3n) is 8.64. The number of halogens is 1. The molecule has 0 bridgehead atoms. The number of nitrogens with one attached hydrogen (secondary N) is 5. The number of benzene rings is 2. The molecule has 0 saturated heterocycles. The minimum absolute atomic E-state index is 0. The van der Waals surface area contributed by atoms with Crippen molar-refractivity contribution in [2.75, 3.05) is 13.1 Å². The summed E-state index contributed by atoms with van der Waals surface area (Å²) in [5.41, 5.74) is 4.37. The first-order valence-electron chi connectivity index (χ1n) is 23.3. The number of carbonyl (C=O) groups excluding carboxylic acids is 7. The average Bonchev–Trinajstić information content (AvgIpc) is 3.24. The number of nitrogens with two attached hydrogens (primary N) is 1. The van der Waals surface area contributed by atoms with E-state index in [0.29, 0.717) is 31.2 Å². The van der Waals surface area contributed by atoms with E-state index < -0.39 is 120 Å². The summed E-state index contributed by atoms with van der Waals surface area (Å²) in [6, 6.07) is 14.2. The second-order valence-electron chi connectivity index (χ2n) is 20.2. The van der Waals surface area contributed by atoms with Crippen molar-refractivity contribution in [1.82, 2.24) is 26.6 Å². The number of hydrogen-bond donors (Lipinski definition) is 9. The highest BCUT2D eigenvalue weighted by Gasteiger charge is 2.32. The lowest BCUT2D eigenvalue weighted by Gasteiger charge is -2.26. The van der Waals surface area contributed by atoms with Gasteiger partial charge in [-0.05, 0) is 107 Å². The fourth-order valence-corrected chi connectivity index (χ4v) is 5.72.